The Morgan fingerprint density at radius 3 is 3.00 bits per heavy atom. The molecule has 0 aromatic carbocycles. The standard InChI is InChI=1S/C13H19N3S/c1-3-4-9-7-11(9)16-13-10(12(14)17)6-5-8(2)15-13/h5-6,9,11H,3-4,7H2,1-2H3,(H2,14,17)(H,15,16). The van der Waals surface area contributed by atoms with E-state index in [1.165, 1.54) is 19.3 Å². The number of nitrogens with zero attached hydrogens (tertiary/aromatic N) is 1. The highest BCUT2D eigenvalue weighted by Gasteiger charge is 2.36. The normalized spacial score (nSPS) is 22.2. The minimum atomic E-state index is 0.410. The predicted octanol–water partition coefficient (Wildman–Crippen LogP) is 2.62. The molecule has 1 aliphatic carbocycles. The fourth-order valence-electron chi connectivity index (χ4n) is 2.16. The number of nitrogens with one attached hydrogen (secondary N) is 1. The van der Waals surface area contributed by atoms with Gasteiger partial charge in [-0.05, 0) is 37.8 Å². The summed E-state index contributed by atoms with van der Waals surface area (Å²) in [6, 6.07) is 4.44. The first-order valence-corrected chi connectivity index (χ1v) is 6.56. The number of aryl methyl sites for hydroxylation is 1. The smallest absolute Gasteiger partial charge is 0.136 e. The number of thiocarbonyl (C=S) groups is 1. The third kappa shape index (κ3) is 2.94. The van der Waals surface area contributed by atoms with Gasteiger partial charge in [0, 0.05) is 11.7 Å². The van der Waals surface area contributed by atoms with E-state index in [0.717, 1.165) is 23.0 Å². The number of rotatable bonds is 5. The molecule has 0 saturated heterocycles. The lowest BCUT2D eigenvalue weighted by atomic mass is 10.2. The molecule has 2 atom stereocenters. The SMILES string of the molecule is CCCC1CC1Nc1nc(C)ccc1C(N)=S. The Kier molecular flexibility index (Phi) is 3.62. The van der Waals surface area contributed by atoms with Crippen LogP contribution in [0.5, 0.6) is 0 Å². The molecule has 1 aromatic heterocycles. The summed E-state index contributed by atoms with van der Waals surface area (Å²) in [4.78, 5) is 4.90. The van der Waals surface area contributed by atoms with Crippen molar-refractivity contribution in [1.82, 2.24) is 4.98 Å². The highest BCUT2D eigenvalue weighted by atomic mass is 32.1. The zero-order chi connectivity index (χ0) is 12.4. The quantitative estimate of drug-likeness (QED) is 0.788. The average Bonchev–Trinajstić information content (AvgIpc) is 2.96. The lowest BCUT2D eigenvalue weighted by Crippen LogP contribution is -2.16. The predicted molar refractivity (Wildman–Crippen MR) is 75.3 cm³/mol. The van der Waals surface area contributed by atoms with Crippen molar-refractivity contribution < 1.29 is 0 Å². The van der Waals surface area contributed by atoms with Gasteiger partial charge in [0.25, 0.3) is 0 Å². The van der Waals surface area contributed by atoms with E-state index in [9.17, 15) is 0 Å². The molecule has 2 unspecified atom stereocenters. The number of pyridine rings is 1. The van der Waals surface area contributed by atoms with Crippen LogP contribution in [0.4, 0.5) is 5.82 Å². The Hall–Kier alpha value is -1.16. The largest absolute Gasteiger partial charge is 0.389 e. The van der Waals surface area contributed by atoms with Gasteiger partial charge >= 0.3 is 0 Å². The third-order valence-corrected chi connectivity index (χ3v) is 3.42. The molecule has 0 bridgehead atoms. The molecule has 0 radical (unpaired) electrons. The zero-order valence-electron chi connectivity index (χ0n) is 10.4. The second-order valence-electron chi connectivity index (χ2n) is 4.75. The number of hydrogen-bond donors (Lipinski definition) is 2. The molecule has 17 heavy (non-hydrogen) atoms. The van der Waals surface area contributed by atoms with E-state index in [4.69, 9.17) is 18.0 Å². The summed E-state index contributed by atoms with van der Waals surface area (Å²) in [5, 5.41) is 3.46. The maximum atomic E-state index is 5.71. The summed E-state index contributed by atoms with van der Waals surface area (Å²) in [6.45, 7) is 4.20. The van der Waals surface area contributed by atoms with E-state index in [2.05, 4.69) is 17.2 Å². The molecule has 4 heteroatoms. The molecule has 0 spiro atoms. The van der Waals surface area contributed by atoms with Gasteiger partial charge in [-0.1, -0.05) is 25.6 Å². The maximum absolute atomic E-state index is 5.71. The highest BCUT2D eigenvalue weighted by molar-refractivity contribution is 7.80. The third-order valence-electron chi connectivity index (χ3n) is 3.20. The molecule has 0 amide bonds. The maximum Gasteiger partial charge on any atom is 0.136 e. The molecule has 2 rings (SSSR count). The van der Waals surface area contributed by atoms with Gasteiger partial charge in [-0.25, -0.2) is 4.98 Å². The van der Waals surface area contributed by atoms with Crippen molar-refractivity contribution in [3.05, 3.63) is 23.4 Å². The summed E-state index contributed by atoms with van der Waals surface area (Å²) in [5.41, 5.74) is 7.55. The van der Waals surface area contributed by atoms with Crippen molar-refractivity contribution >= 4 is 23.0 Å². The Bertz CT molecular complexity index is 431. The van der Waals surface area contributed by atoms with Crippen LogP contribution in [0.1, 0.15) is 37.4 Å². The van der Waals surface area contributed by atoms with Gasteiger partial charge in [0.2, 0.25) is 0 Å². The van der Waals surface area contributed by atoms with Crippen molar-refractivity contribution in [2.45, 2.75) is 39.2 Å². The van der Waals surface area contributed by atoms with Crippen LogP contribution in [-0.4, -0.2) is 16.0 Å². The Morgan fingerprint density at radius 1 is 1.59 bits per heavy atom. The summed E-state index contributed by atoms with van der Waals surface area (Å²) in [6.07, 6.45) is 3.76. The minimum Gasteiger partial charge on any atom is -0.389 e. The summed E-state index contributed by atoms with van der Waals surface area (Å²) < 4.78 is 0. The van der Waals surface area contributed by atoms with Gasteiger partial charge in [-0.3, -0.25) is 0 Å². The number of aromatic nitrogens is 1. The molecule has 1 aromatic rings. The fourth-order valence-corrected chi connectivity index (χ4v) is 2.32. The van der Waals surface area contributed by atoms with Crippen LogP contribution < -0.4 is 11.1 Å². The lowest BCUT2D eigenvalue weighted by Gasteiger charge is -2.10. The van der Waals surface area contributed by atoms with Gasteiger partial charge in [-0.15, -0.1) is 0 Å². The molecule has 92 valence electrons. The lowest BCUT2D eigenvalue weighted by molar-refractivity contribution is 0.692. The molecule has 1 saturated carbocycles. The van der Waals surface area contributed by atoms with Crippen molar-refractivity contribution in [2.24, 2.45) is 11.7 Å². The topological polar surface area (TPSA) is 50.9 Å². The zero-order valence-corrected chi connectivity index (χ0v) is 11.2. The first kappa shape index (κ1) is 12.3. The first-order valence-electron chi connectivity index (χ1n) is 6.15. The molecule has 3 nitrogen and oxygen atoms in total. The second kappa shape index (κ2) is 5.00. The van der Waals surface area contributed by atoms with Crippen molar-refractivity contribution in [3.63, 3.8) is 0 Å². The monoisotopic (exact) mass is 249 g/mol. The highest BCUT2D eigenvalue weighted by Crippen LogP contribution is 2.37. The van der Waals surface area contributed by atoms with Gasteiger partial charge in [0.1, 0.15) is 10.8 Å². The van der Waals surface area contributed by atoms with E-state index in [-0.39, 0.29) is 0 Å². The van der Waals surface area contributed by atoms with Crippen LogP contribution >= 0.6 is 12.2 Å². The number of hydrogen-bond acceptors (Lipinski definition) is 3. The van der Waals surface area contributed by atoms with E-state index >= 15 is 0 Å². The van der Waals surface area contributed by atoms with Gasteiger partial charge in [0.05, 0.1) is 5.56 Å². The Balaban J connectivity index is 2.10. The average molecular weight is 249 g/mol. The first-order chi connectivity index (χ1) is 8.11. The van der Waals surface area contributed by atoms with E-state index in [0.29, 0.717) is 11.0 Å². The van der Waals surface area contributed by atoms with Crippen LogP contribution in [0.25, 0.3) is 0 Å². The van der Waals surface area contributed by atoms with Gasteiger partial charge in [-0.2, -0.15) is 0 Å². The summed E-state index contributed by atoms with van der Waals surface area (Å²) in [7, 11) is 0. The van der Waals surface area contributed by atoms with E-state index in [1.807, 2.05) is 19.1 Å². The van der Waals surface area contributed by atoms with E-state index in [1.54, 1.807) is 0 Å². The fraction of sp³-hybridized carbons (Fsp3) is 0.538. The molecule has 0 aliphatic heterocycles. The van der Waals surface area contributed by atoms with Crippen molar-refractivity contribution in [2.75, 3.05) is 5.32 Å². The van der Waals surface area contributed by atoms with Crippen LogP contribution in [0.15, 0.2) is 12.1 Å². The second-order valence-corrected chi connectivity index (χ2v) is 5.19. The Labute approximate surface area is 108 Å². The van der Waals surface area contributed by atoms with Gasteiger partial charge in [0.15, 0.2) is 0 Å². The molecular weight excluding hydrogens is 230 g/mol. The van der Waals surface area contributed by atoms with Crippen molar-refractivity contribution in [3.8, 4) is 0 Å². The molecule has 1 fully saturated rings. The Morgan fingerprint density at radius 2 is 2.35 bits per heavy atom. The van der Waals surface area contributed by atoms with Crippen LogP contribution in [-0.2, 0) is 0 Å². The molecule has 3 N–H and O–H groups in total. The van der Waals surface area contributed by atoms with Crippen LogP contribution in [0.2, 0.25) is 0 Å². The molecule has 1 heterocycles. The van der Waals surface area contributed by atoms with Gasteiger partial charge < -0.3 is 11.1 Å². The summed E-state index contributed by atoms with van der Waals surface area (Å²) in [5.74, 6) is 1.64. The van der Waals surface area contributed by atoms with Crippen molar-refractivity contribution in [1.29, 1.82) is 0 Å². The molecule has 1 aliphatic rings. The molecular formula is C13H19N3S. The number of nitrogens with two attached hydrogens (primary N) is 1. The minimum absolute atomic E-state index is 0.410. The van der Waals surface area contributed by atoms with Crippen LogP contribution in [0, 0.1) is 12.8 Å². The number of anilines is 1. The van der Waals surface area contributed by atoms with E-state index < -0.39 is 0 Å². The van der Waals surface area contributed by atoms with Crippen LogP contribution in [0.3, 0.4) is 0 Å². The summed E-state index contributed by atoms with van der Waals surface area (Å²) >= 11 is 5.04.